The first-order valence-electron chi connectivity index (χ1n) is 10.3. The van der Waals surface area contributed by atoms with E-state index in [4.69, 9.17) is 5.11 Å². The molecule has 2 unspecified atom stereocenters. The molecule has 1 heterocycles. The first-order valence-corrected chi connectivity index (χ1v) is 12.8. The number of nitrogens with zero attached hydrogens (tertiary/aromatic N) is 1. The lowest BCUT2D eigenvalue weighted by Crippen LogP contribution is -2.73. The number of carboxylic acids is 1. The Morgan fingerprint density at radius 3 is 1.65 bits per heavy atom. The van der Waals surface area contributed by atoms with Gasteiger partial charge >= 0.3 is 16.3 Å². The maximum absolute atomic E-state index is 13.0. The minimum Gasteiger partial charge on any atom is -0.481 e. The molecule has 1 fully saturated rings. The second-order valence-electron chi connectivity index (χ2n) is 7.68. The van der Waals surface area contributed by atoms with Crippen LogP contribution in [0.5, 0.6) is 0 Å². The van der Waals surface area contributed by atoms with Gasteiger partial charge in [0.2, 0.25) is 0 Å². The van der Waals surface area contributed by atoms with Gasteiger partial charge in [0.1, 0.15) is 11.4 Å². The van der Waals surface area contributed by atoms with Crippen molar-refractivity contribution in [3.05, 3.63) is 108 Å². The maximum atomic E-state index is 13.0. The summed E-state index contributed by atoms with van der Waals surface area (Å²) in [5.74, 6) is -2.48. The van der Waals surface area contributed by atoms with Gasteiger partial charge in [-0.15, -0.1) is 11.8 Å². The zero-order valence-corrected chi connectivity index (χ0v) is 19.4. The molecule has 0 radical (unpaired) electrons. The highest BCUT2D eigenvalue weighted by Crippen LogP contribution is 2.41. The van der Waals surface area contributed by atoms with E-state index < -0.39 is 44.9 Å². The molecule has 4 rings (SSSR count). The van der Waals surface area contributed by atoms with Crippen LogP contribution in [0.15, 0.2) is 91.0 Å². The zero-order chi connectivity index (χ0) is 24.3. The highest BCUT2D eigenvalue weighted by atomic mass is 32.2. The number of hydrogen-bond donors (Lipinski definition) is 3. The number of rotatable bonds is 9. The fourth-order valence-electron chi connectivity index (χ4n) is 4.18. The van der Waals surface area contributed by atoms with E-state index in [0.717, 1.165) is 28.5 Å². The van der Waals surface area contributed by atoms with E-state index in [9.17, 15) is 22.6 Å². The van der Waals surface area contributed by atoms with Gasteiger partial charge in [0, 0.05) is 0 Å². The molecule has 1 aliphatic heterocycles. The number of carbonyl (C=O) groups excluding carboxylic acids is 1. The van der Waals surface area contributed by atoms with E-state index in [1.807, 2.05) is 91.0 Å². The summed E-state index contributed by atoms with van der Waals surface area (Å²) in [6.07, 6.45) is 0. The lowest BCUT2D eigenvalue weighted by molar-refractivity contribution is -0.139. The molecule has 176 valence electrons. The molecule has 8 nitrogen and oxygen atoms in total. The summed E-state index contributed by atoms with van der Waals surface area (Å²) in [7, 11) is -4.86. The number of thioether (sulfide) groups is 1. The van der Waals surface area contributed by atoms with Gasteiger partial charge in [0.15, 0.2) is 0 Å². The Morgan fingerprint density at radius 2 is 1.29 bits per heavy atom. The third kappa shape index (κ3) is 4.45. The summed E-state index contributed by atoms with van der Waals surface area (Å²) >= 11 is 0.748. The molecule has 10 heteroatoms. The predicted octanol–water partition coefficient (Wildman–Crippen LogP) is 2.73. The molecule has 34 heavy (non-hydrogen) atoms. The number of carboxylic acid groups (broad SMARTS) is 1. The summed E-state index contributed by atoms with van der Waals surface area (Å²) in [5.41, 5.74) is 1.32. The van der Waals surface area contributed by atoms with Gasteiger partial charge in [-0.05, 0) is 16.7 Å². The van der Waals surface area contributed by atoms with Crippen molar-refractivity contribution in [2.45, 2.75) is 17.0 Å². The average molecular weight is 499 g/mol. The molecule has 0 spiro atoms. The first kappa shape index (κ1) is 24.0. The van der Waals surface area contributed by atoms with Crippen LogP contribution in [0.2, 0.25) is 0 Å². The molecule has 2 atom stereocenters. The van der Waals surface area contributed by atoms with Crippen LogP contribution >= 0.6 is 11.8 Å². The summed E-state index contributed by atoms with van der Waals surface area (Å²) in [6, 6.07) is 27.1. The zero-order valence-electron chi connectivity index (χ0n) is 17.8. The standard InChI is InChI=1S/C24H22N2O6S2/c27-20(28)16-33-23-21(22(29)26(23)34(30,31)32)25-24(17-10-4-1-5-11-17,18-12-6-2-7-13-18)19-14-8-3-9-15-19/h1-15,21,23,25H,16H2,(H,27,28)(H,30,31,32). The largest absolute Gasteiger partial charge is 0.481 e. The number of nitrogens with one attached hydrogen (secondary N) is 1. The number of hydrogen-bond acceptors (Lipinski definition) is 6. The van der Waals surface area contributed by atoms with E-state index >= 15 is 0 Å². The minimum absolute atomic E-state index is 0.323. The van der Waals surface area contributed by atoms with Crippen LogP contribution < -0.4 is 5.32 Å². The van der Waals surface area contributed by atoms with Crippen LogP contribution in [0.25, 0.3) is 0 Å². The van der Waals surface area contributed by atoms with Crippen molar-refractivity contribution in [1.82, 2.24) is 9.62 Å². The Balaban J connectivity index is 1.88. The van der Waals surface area contributed by atoms with Crippen LogP contribution in [-0.4, -0.2) is 51.4 Å². The summed E-state index contributed by atoms with van der Waals surface area (Å²) in [5, 5.41) is 11.3. The van der Waals surface area contributed by atoms with E-state index in [0.29, 0.717) is 4.31 Å². The summed E-state index contributed by atoms with van der Waals surface area (Å²) < 4.78 is 33.7. The number of carbonyl (C=O) groups is 2. The topological polar surface area (TPSA) is 124 Å². The van der Waals surface area contributed by atoms with Crippen LogP contribution in [0.4, 0.5) is 0 Å². The van der Waals surface area contributed by atoms with Crippen molar-refractivity contribution in [2.75, 3.05) is 5.75 Å². The van der Waals surface area contributed by atoms with Crippen molar-refractivity contribution in [2.24, 2.45) is 0 Å². The molecular formula is C24H22N2O6S2. The monoisotopic (exact) mass is 498 g/mol. The highest BCUT2D eigenvalue weighted by Gasteiger charge is 2.56. The molecule has 0 saturated carbocycles. The van der Waals surface area contributed by atoms with Gasteiger partial charge in [-0.3, -0.25) is 19.5 Å². The smallest absolute Gasteiger partial charge is 0.363 e. The minimum atomic E-state index is -4.86. The summed E-state index contributed by atoms with van der Waals surface area (Å²) in [4.78, 5) is 24.2. The number of aliphatic carboxylic acids is 1. The second kappa shape index (κ2) is 9.59. The Morgan fingerprint density at radius 1 is 0.882 bits per heavy atom. The lowest BCUT2D eigenvalue weighted by Gasteiger charge is -2.49. The van der Waals surface area contributed by atoms with Gasteiger partial charge in [-0.25, -0.2) is 0 Å². The van der Waals surface area contributed by atoms with Gasteiger partial charge in [0.25, 0.3) is 5.91 Å². The van der Waals surface area contributed by atoms with Crippen molar-refractivity contribution in [3.8, 4) is 0 Å². The van der Waals surface area contributed by atoms with Crippen molar-refractivity contribution < 1.29 is 27.7 Å². The lowest BCUT2D eigenvalue weighted by atomic mass is 9.76. The molecule has 1 amide bonds. The van der Waals surface area contributed by atoms with Crippen LogP contribution in [0, 0.1) is 0 Å². The SMILES string of the molecule is O=C(O)CSC1C(NC(c2ccccc2)(c2ccccc2)c2ccccc2)C(=O)N1S(=O)(=O)O. The van der Waals surface area contributed by atoms with E-state index in [1.54, 1.807) is 0 Å². The molecule has 3 N–H and O–H groups in total. The fourth-order valence-corrected chi connectivity index (χ4v) is 6.35. The molecule has 0 aliphatic carbocycles. The molecule has 0 bridgehead atoms. The number of amides is 1. The van der Waals surface area contributed by atoms with E-state index in [2.05, 4.69) is 5.32 Å². The molecule has 1 saturated heterocycles. The third-order valence-corrected chi connectivity index (χ3v) is 7.89. The fraction of sp³-hybridized carbons (Fsp3) is 0.167. The van der Waals surface area contributed by atoms with Crippen molar-refractivity contribution in [1.29, 1.82) is 0 Å². The molecule has 3 aromatic rings. The van der Waals surface area contributed by atoms with Gasteiger partial charge < -0.3 is 5.11 Å². The van der Waals surface area contributed by atoms with Crippen LogP contribution in [-0.2, 0) is 25.4 Å². The van der Waals surface area contributed by atoms with Crippen LogP contribution in [0.1, 0.15) is 16.7 Å². The molecule has 0 aromatic heterocycles. The first-order chi connectivity index (χ1) is 16.2. The third-order valence-electron chi connectivity index (χ3n) is 5.62. The Hall–Kier alpha value is -3.18. The molecular weight excluding hydrogens is 476 g/mol. The van der Waals surface area contributed by atoms with E-state index in [1.165, 1.54) is 0 Å². The predicted molar refractivity (Wildman–Crippen MR) is 128 cm³/mol. The maximum Gasteiger partial charge on any atom is 0.363 e. The second-order valence-corrected chi connectivity index (χ2v) is 10.1. The average Bonchev–Trinajstić information content (AvgIpc) is 2.83. The van der Waals surface area contributed by atoms with Crippen molar-refractivity contribution in [3.63, 3.8) is 0 Å². The molecule has 1 aliphatic rings. The highest BCUT2D eigenvalue weighted by molar-refractivity contribution is 8.01. The Kier molecular flexibility index (Phi) is 6.76. The van der Waals surface area contributed by atoms with Gasteiger partial charge in [-0.1, -0.05) is 91.0 Å². The van der Waals surface area contributed by atoms with Crippen molar-refractivity contribution >= 4 is 33.9 Å². The van der Waals surface area contributed by atoms with E-state index in [-0.39, 0.29) is 0 Å². The summed E-state index contributed by atoms with van der Waals surface area (Å²) in [6.45, 7) is 0. The normalized spacial score (nSPS) is 18.4. The number of benzene rings is 3. The number of β-lactam (4-membered cyclic amide) rings is 1. The van der Waals surface area contributed by atoms with Gasteiger partial charge in [0.05, 0.1) is 11.3 Å². The molecule has 3 aromatic carbocycles. The Labute approximate surface area is 201 Å². The Bertz CT molecular complexity index is 1170. The van der Waals surface area contributed by atoms with Gasteiger partial charge in [-0.2, -0.15) is 12.7 Å². The van der Waals surface area contributed by atoms with Crippen LogP contribution in [0.3, 0.4) is 0 Å². The quantitative estimate of drug-likeness (QED) is 0.234.